The first-order valence-corrected chi connectivity index (χ1v) is 5.22. The third kappa shape index (κ3) is 3.13. The van der Waals surface area contributed by atoms with E-state index < -0.39 is 0 Å². The van der Waals surface area contributed by atoms with Crippen molar-refractivity contribution >= 4 is 5.69 Å². The Bertz CT molecular complexity index is 312. The Balaban J connectivity index is 2.74. The monoisotopic (exact) mass is 209 g/mol. The predicted molar refractivity (Wildman–Crippen MR) is 61.9 cm³/mol. The summed E-state index contributed by atoms with van der Waals surface area (Å²) in [6.07, 6.45) is 1.24. The lowest BCUT2D eigenvalue weighted by Gasteiger charge is -2.14. The zero-order chi connectivity index (χ0) is 11.3. The van der Waals surface area contributed by atoms with Gasteiger partial charge < -0.3 is 15.2 Å². The highest BCUT2D eigenvalue weighted by molar-refractivity contribution is 5.53. The summed E-state index contributed by atoms with van der Waals surface area (Å²) < 4.78 is 10.9. The molecule has 0 radical (unpaired) electrons. The van der Waals surface area contributed by atoms with Gasteiger partial charge in [-0.2, -0.15) is 0 Å². The second kappa shape index (κ2) is 5.61. The Kier molecular flexibility index (Phi) is 4.43. The van der Waals surface area contributed by atoms with Gasteiger partial charge in [0, 0.05) is 11.3 Å². The van der Waals surface area contributed by atoms with Crippen molar-refractivity contribution in [1.82, 2.24) is 0 Å². The van der Waals surface area contributed by atoms with E-state index in [1.54, 1.807) is 7.11 Å². The van der Waals surface area contributed by atoms with Crippen LogP contribution in [0.4, 0.5) is 5.69 Å². The van der Waals surface area contributed by atoms with Gasteiger partial charge in [-0.05, 0) is 25.5 Å². The molecule has 0 fully saturated rings. The van der Waals surface area contributed by atoms with Crippen LogP contribution in [0, 0.1) is 0 Å². The molecule has 0 spiro atoms. The van der Waals surface area contributed by atoms with E-state index >= 15 is 0 Å². The van der Waals surface area contributed by atoms with Gasteiger partial charge in [0.25, 0.3) is 0 Å². The van der Waals surface area contributed by atoms with Crippen LogP contribution < -0.4 is 10.5 Å². The van der Waals surface area contributed by atoms with E-state index in [2.05, 4.69) is 6.92 Å². The van der Waals surface area contributed by atoms with Gasteiger partial charge in [-0.25, -0.2) is 0 Å². The minimum absolute atomic E-state index is 0.245. The normalized spacial score (nSPS) is 12.5. The lowest BCUT2D eigenvalue weighted by atomic mass is 10.1. The van der Waals surface area contributed by atoms with Crippen molar-refractivity contribution in [1.29, 1.82) is 0 Å². The third-order valence-electron chi connectivity index (χ3n) is 2.48. The average molecular weight is 209 g/mol. The van der Waals surface area contributed by atoms with E-state index in [-0.39, 0.29) is 6.10 Å². The molecule has 0 aromatic heterocycles. The molecule has 0 aliphatic carbocycles. The van der Waals surface area contributed by atoms with Gasteiger partial charge in [0.15, 0.2) is 0 Å². The number of methoxy groups -OCH3 is 1. The SMILES string of the molecule is CC[C@H](C)OCc1c(N)cccc1OC. The average Bonchev–Trinajstić information content (AvgIpc) is 2.26. The summed E-state index contributed by atoms with van der Waals surface area (Å²) in [5.41, 5.74) is 7.52. The number of ether oxygens (including phenoxy) is 2. The Labute approximate surface area is 91.2 Å². The zero-order valence-corrected chi connectivity index (χ0v) is 9.62. The first kappa shape index (κ1) is 11.9. The van der Waals surface area contributed by atoms with Crippen molar-refractivity contribution in [3.05, 3.63) is 23.8 Å². The summed E-state index contributed by atoms with van der Waals surface area (Å²) in [6.45, 7) is 4.65. The van der Waals surface area contributed by atoms with Crippen LogP contribution >= 0.6 is 0 Å². The maximum Gasteiger partial charge on any atom is 0.126 e. The number of anilines is 1. The minimum Gasteiger partial charge on any atom is -0.496 e. The molecule has 1 atom stereocenters. The molecule has 15 heavy (non-hydrogen) atoms. The Morgan fingerprint density at radius 1 is 1.40 bits per heavy atom. The van der Waals surface area contributed by atoms with Crippen molar-refractivity contribution in [2.45, 2.75) is 33.0 Å². The number of hydrogen-bond acceptors (Lipinski definition) is 3. The van der Waals surface area contributed by atoms with Crippen LogP contribution in [0.5, 0.6) is 5.75 Å². The molecule has 1 aromatic carbocycles. The predicted octanol–water partition coefficient (Wildman–Crippen LogP) is 2.59. The molecule has 0 bridgehead atoms. The van der Waals surface area contributed by atoms with Gasteiger partial charge in [-0.3, -0.25) is 0 Å². The van der Waals surface area contributed by atoms with Gasteiger partial charge in [0.1, 0.15) is 5.75 Å². The lowest BCUT2D eigenvalue weighted by Crippen LogP contribution is -2.08. The molecule has 84 valence electrons. The lowest BCUT2D eigenvalue weighted by molar-refractivity contribution is 0.0501. The van der Waals surface area contributed by atoms with E-state index in [9.17, 15) is 0 Å². The summed E-state index contributed by atoms with van der Waals surface area (Å²) in [5, 5.41) is 0. The molecule has 0 aliphatic rings. The van der Waals surface area contributed by atoms with Crippen molar-refractivity contribution < 1.29 is 9.47 Å². The molecule has 0 amide bonds. The molecule has 1 aromatic rings. The van der Waals surface area contributed by atoms with E-state index in [4.69, 9.17) is 15.2 Å². The van der Waals surface area contributed by atoms with Gasteiger partial charge in [-0.1, -0.05) is 13.0 Å². The maximum atomic E-state index is 5.86. The smallest absolute Gasteiger partial charge is 0.126 e. The summed E-state index contributed by atoms with van der Waals surface area (Å²) in [7, 11) is 1.64. The number of nitrogen functional groups attached to an aromatic ring is 1. The molecule has 0 heterocycles. The van der Waals surface area contributed by atoms with E-state index in [1.165, 1.54) is 0 Å². The molecule has 3 heteroatoms. The summed E-state index contributed by atoms with van der Waals surface area (Å²) >= 11 is 0. The van der Waals surface area contributed by atoms with Crippen molar-refractivity contribution in [3.8, 4) is 5.75 Å². The number of nitrogens with two attached hydrogens (primary N) is 1. The zero-order valence-electron chi connectivity index (χ0n) is 9.62. The first-order chi connectivity index (χ1) is 7.19. The van der Waals surface area contributed by atoms with Crippen LogP contribution in [-0.4, -0.2) is 13.2 Å². The highest BCUT2D eigenvalue weighted by Crippen LogP contribution is 2.25. The fraction of sp³-hybridized carbons (Fsp3) is 0.500. The maximum absolute atomic E-state index is 5.86. The Morgan fingerprint density at radius 2 is 2.13 bits per heavy atom. The fourth-order valence-corrected chi connectivity index (χ4v) is 1.27. The van der Waals surface area contributed by atoms with Gasteiger partial charge in [0.05, 0.1) is 19.8 Å². The number of benzene rings is 1. The van der Waals surface area contributed by atoms with Crippen LogP contribution in [0.2, 0.25) is 0 Å². The molecule has 3 nitrogen and oxygen atoms in total. The fourth-order valence-electron chi connectivity index (χ4n) is 1.27. The summed E-state index contributed by atoms with van der Waals surface area (Å²) in [4.78, 5) is 0. The first-order valence-electron chi connectivity index (χ1n) is 5.22. The van der Waals surface area contributed by atoms with E-state index in [0.717, 1.165) is 23.4 Å². The third-order valence-corrected chi connectivity index (χ3v) is 2.48. The molecule has 0 aliphatic heterocycles. The van der Waals surface area contributed by atoms with Gasteiger partial charge in [0.2, 0.25) is 0 Å². The topological polar surface area (TPSA) is 44.5 Å². The molecular weight excluding hydrogens is 190 g/mol. The van der Waals surface area contributed by atoms with Crippen molar-refractivity contribution in [3.63, 3.8) is 0 Å². The standard InChI is InChI=1S/C12H19NO2/c1-4-9(2)15-8-10-11(13)6-5-7-12(10)14-3/h5-7,9H,4,8,13H2,1-3H3/t9-/m0/s1. The molecule has 0 saturated heterocycles. The van der Waals surface area contributed by atoms with Crippen molar-refractivity contribution in [2.24, 2.45) is 0 Å². The largest absolute Gasteiger partial charge is 0.496 e. The van der Waals surface area contributed by atoms with Crippen LogP contribution in [-0.2, 0) is 11.3 Å². The number of rotatable bonds is 5. The number of hydrogen-bond donors (Lipinski definition) is 1. The van der Waals surface area contributed by atoms with Crippen LogP contribution in [0.1, 0.15) is 25.8 Å². The van der Waals surface area contributed by atoms with Crippen molar-refractivity contribution in [2.75, 3.05) is 12.8 Å². The quantitative estimate of drug-likeness (QED) is 0.758. The van der Waals surface area contributed by atoms with Crippen LogP contribution in [0.3, 0.4) is 0 Å². The van der Waals surface area contributed by atoms with E-state index in [0.29, 0.717) is 6.61 Å². The summed E-state index contributed by atoms with van der Waals surface area (Å²) in [6, 6.07) is 5.63. The molecule has 2 N–H and O–H groups in total. The second-order valence-electron chi connectivity index (χ2n) is 3.56. The van der Waals surface area contributed by atoms with Crippen LogP contribution in [0.15, 0.2) is 18.2 Å². The molecule has 1 rings (SSSR count). The second-order valence-corrected chi connectivity index (χ2v) is 3.56. The van der Waals surface area contributed by atoms with Gasteiger partial charge in [-0.15, -0.1) is 0 Å². The highest BCUT2D eigenvalue weighted by Gasteiger charge is 2.08. The minimum atomic E-state index is 0.245. The Hall–Kier alpha value is -1.22. The highest BCUT2D eigenvalue weighted by atomic mass is 16.5. The van der Waals surface area contributed by atoms with Gasteiger partial charge >= 0.3 is 0 Å². The Morgan fingerprint density at radius 3 is 2.73 bits per heavy atom. The molecule has 0 saturated carbocycles. The molecule has 0 unspecified atom stereocenters. The van der Waals surface area contributed by atoms with E-state index in [1.807, 2.05) is 25.1 Å². The van der Waals surface area contributed by atoms with Crippen LogP contribution in [0.25, 0.3) is 0 Å². The molecular formula is C12H19NO2. The summed E-state index contributed by atoms with van der Waals surface area (Å²) in [5.74, 6) is 0.790.